The van der Waals surface area contributed by atoms with Crippen molar-refractivity contribution < 1.29 is 14.3 Å². The summed E-state index contributed by atoms with van der Waals surface area (Å²) in [6, 6.07) is 14.5. The van der Waals surface area contributed by atoms with E-state index in [1.807, 2.05) is 12.1 Å². The third-order valence-electron chi connectivity index (χ3n) is 3.86. The average molecular weight is 405 g/mol. The van der Waals surface area contributed by atoms with E-state index in [0.29, 0.717) is 40.4 Å². The number of carbonyl (C=O) groups excluding carboxylic acids is 2. The van der Waals surface area contributed by atoms with Crippen molar-refractivity contribution in [2.45, 2.75) is 18.9 Å². The molecule has 0 bridgehead atoms. The van der Waals surface area contributed by atoms with E-state index < -0.39 is 0 Å². The maximum atomic E-state index is 12.1. The Labute approximate surface area is 167 Å². The molecule has 0 aliphatic heterocycles. The number of ether oxygens (including phenoxy) is 1. The van der Waals surface area contributed by atoms with Gasteiger partial charge in [0, 0.05) is 28.1 Å². The van der Waals surface area contributed by atoms with E-state index in [9.17, 15) is 9.59 Å². The summed E-state index contributed by atoms with van der Waals surface area (Å²) in [4.78, 5) is 24.1. The van der Waals surface area contributed by atoms with Crippen LogP contribution in [-0.2, 0) is 4.79 Å². The summed E-state index contributed by atoms with van der Waals surface area (Å²) >= 11 is 7.31. The number of anilines is 1. The number of nitrogens with one attached hydrogen (secondary N) is 2. The Hall–Kier alpha value is -2.18. The molecular weight excluding hydrogens is 384 g/mol. The topological polar surface area (TPSA) is 67.4 Å². The molecule has 2 amide bonds. The van der Waals surface area contributed by atoms with Crippen LogP contribution in [0.15, 0.2) is 48.5 Å². The van der Waals surface area contributed by atoms with E-state index in [2.05, 4.69) is 10.6 Å². The molecule has 0 saturated heterocycles. The number of halogens is 1. The molecule has 0 radical (unpaired) electrons. The van der Waals surface area contributed by atoms with Gasteiger partial charge in [-0.05, 0) is 55.3 Å². The van der Waals surface area contributed by atoms with E-state index in [1.165, 1.54) is 11.8 Å². The Morgan fingerprint density at radius 3 is 2.67 bits per heavy atom. The smallest absolute Gasteiger partial charge is 0.251 e. The molecule has 7 heteroatoms. The molecule has 0 aromatic heterocycles. The normalized spacial score (nSPS) is 13.1. The van der Waals surface area contributed by atoms with Gasteiger partial charge in [0.15, 0.2) is 0 Å². The van der Waals surface area contributed by atoms with Crippen LogP contribution in [0.25, 0.3) is 0 Å². The summed E-state index contributed by atoms with van der Waals surface area (Å²) in [5.74, 6) is 1.57. The van der Waals surface area contributed by atoms with Gasteiger partial charge in [0.2, 0.25) is 5.91 Å². The van der Waals surface area contributed by atoms with E-state index >= 15 is 0 Å². The minimum Gasteiger partial charge on any atom is -0.493 e. The first-order chi connectivity index (χ1) is 13.1. The van der Waals surface area contributed by atoms with E-state index in [0.717, 1.165) is 18.6 Å². The van der Waals surface area contributed by atoms with Crippen molar-refractivity contribution in [1.82, 2.24) is 5.32 Å². The lowest BCUT2D eigenvalue weighted by Crippen LogP contribution is -2.25. The molecule has 27 heavy (non-hydrogen) atoms. The molecule has 142 valence electrons. The summed E-state index contributed by atoms with van der Waals surface area (Å²) in [5.41, 5.74) is 1.19. The summed E-state index contributed by atoms with van der Waals surface area (Å²) in [5, 5.41) is 6.43. The Balaban J connectivity index is 1.36. The van der Waals surface area contributed by atoms with Gasteiger partial charge in [0.1, 0.15) is 5.75 Å². The number of amides is 2. The fourth-order valence-corrected chi connectivity index (χ4v) is 3.07. The predicted octanol–water partition coefficient (Wildman–Crippen LogP) is 3.98. The maximum absolute atomic E-state index is 12.1. The highest BCUT2D eigenvalue weighted by atomic mass is 35.5. The Bertz CT molecular complexity index is 794. The van der Waals surface area contributed by atoms with Crippen LogP contribution in [-0.4, -0.2) is 36.0 Å². The second kappa shape index (κ2) is 9.67. The Kier molecular flexibility index (Phi) is 7.01. The lowest BCUT2D eigenvalue weighted by atomic mass is 10.2. The fraction of sp³-hybridized carbons (Fsp3) is 0.300. The van der Waals surface area contributed by atoms with Crippen LogP contribution in [0.1, 0.15) is 23.2 Å². The summed E-state index contributed by atoms with van der Waals surface area (Å²) in [6.07, 6.45) is 2.09. The van der Waals surface area contributed by atoms with Crippen molar-refractivity contribution in [3.05, 3.63) is 59.1 Å². The number of hydrogen-bond acceptors (Lipinski definition) is 4. The van der Waals surface area contributed by atoms with Gasteiger partial charge in [0.05, 0.1) is 12.4 Å². The molecule has 5 nitrogen and oxygen atoms in total. The van der Waals surface area contributed by atoms with Gasteiger partial charge < -0.3 is 15.4 Å². The number of benzene rings is 2. The van der Waals surface area contributed by atoms with Gasteiger partial charge in [-0.1, -0.05) is 17.7 Å². The highest BCUT2D eigenvalue weighted by molar-refractivity contribution is 7.99. The Morgan fingerprint density at radius 1 is 1.15 bits per heavy atom. The molecule has 1 aliphatic rings. The van der Waals surface area contributed by atoms with Crippen LogP contribution >= 0.6 is 23.4 Å². The summed E-state index contributed by atoms with van der Waals surface area (Å²) in [6.45, 7) is 0.510. The van der Waals surface area contributed by atoms with E-state index in [-0.39, 0.29) is 11.8 Å². The molecule has 0 spiro atoms. The molecule has 1 saturated carbocycles. The van der Waals surface area contributed by atoms with Gasteiger partial charge in [-0.3, -0.25) is 9.59 Å². The predicted molar refractivity (Wildman–Crippen MR) is 110 cm³/mol. The first-order valence-electron chi connectivity index (χ1n) is 8.77. The Morgan fingerprint density at radius 2 is 1.93 bits per heavy atom. The molecule has 2 N–H and O–H groups in total. The summed E-state index contributed by atoms with van der Waals surface area (Å²) < 4.78 is 5.58. The zero-order valence-electron chi connectivity index (χ0n) is 14.7. The standard InChI is InChI=1S/C20H21ClN2O3S/c21-15-4-8-18(9-5-15)26-10-11-27-13-19(24)22-17-3-1-2-14(12-17)20(25)23-16-6-7-16/h1-5,8-9,12,16H,6-7,10-11,13H2,(H,22,24)(H,23,25). The monoisotopic (exact) mass is 404 g/mol. The van der Waals surface area contributed by atoms with Crippen LogP contribution in [0, 0.1) is 0 Å². The molecule has 0 atom stereocenters. The molecule has 0 unspecified atom stereocenters. The van der Waals surface area contributed by atoms with Gasteiger partial charge >= 0.3 is 0 Å². The molecule has 2 aromatic carbocycles. The van der Waals surface area contributed by atoms with Gasteiger partial charge in [-0.2, -0.15) is 0 Å². The summed E-state index contributed by atoms with van der Waals surface area (Å²) in [7, 11) is 0. The van der Waals surface area contributed by atoms with Crippen LogP contribution in [0.4, 0.5) is 5.69 Å². The van der Waals surface area contributed by atoms with Crippen LogP contribution in [0.2, 0.25) is 5.02 Å². The minimum absolute atomic E-state index is 0.0951. The lowest BCUT2D eigenvalue weighted by molar-refractivity contribution is -0.113. The van der Waals surface area contributed by atoms with Crippen molar-refractivity contribution in [3.8, 4) is 5.75 Å². The van der Waals surface area contributed by atoms with Crippen molar-refractivity contribution in [2.75, 3.05) is 23.4 Å². The zero-order chi connectivity index (χ0) is 19.1. The van der Waals surface area contributed by atoms with E-state index in [1.54, 1.807) is 36.4 Å². The number of thioether (sulfide) groups is 1. The van der Waals surface area contributed by atoms with Crippen LogP contribution in [0.5, 0.6) is 5.75 Å². The highest BCUT2D eigenvalue weighted by Crippen LogP contribution is 2.20. The second-order valence-corrected chi connectivity index (χ2v) is 7.77. The second-order valence-electron chi connectivity index (χ2n) is 6.23. The van der Waals surface area contributed by atoms with Crippen molar-refractivity contribution in [2.24, 2.45) is 0 Å². The fourth-order valence-electron chi connectivity index (χ4n) is 2.35. The van der Waals surface area contributed by atoms with Gasteiger partial charge in [-0.15, -0.1) is 11.8 Å². The largest absolute Gasteiger partial charge is 0.493 e. The average Bonchev–Trinajstić information content (AvgIpc) is 3.47. The molecular formula is C20H21ClN2O3S. The lowest BCUT2D eigenvalue weighted by Gasteiger charge is -2.08. The van der Waals surface area contributed by atoms with E-state index in [4.69, 9.17) is 16.3 Å². The third-order valence-corrected chi connectivity index (χ3v) is 5.04. The van der Waals surface area contributed by atoms with Crippen molar-refractivity contribution >= 4 is 40.9 Å². The molecule has 1 fully saturated rings. The first-order valence-corrected chi connectivity index (χ1v) is 10.3. The minimum atomic E-state index is -0.105. The van der Waals surface area contributed by atoms with Crippen molar-refractivity contribution in [1.29, 1.82) is 0 Å². The number of carbonyl (C=O) groups is 2. The number of rotatable bonds is 9. The maximum Gasteiger partial charge on any atom is 0.251 e. The first kappa shape index (κ1) is 19.6. The SMILES string of the molecule is O=C(CSCCOc1ccc(Cl)cc1)Nc1cccc(C(=O)NC2CC2)c1. The highest BCUT2D eigenvalue weighted by Gasteiger charge is 2.23. The van der Waals surface area contributed by atoms with Gasteiger partial charge in [-0.25, -0.2) is 0 Å². The molecule has 0 heterocycles. The third kappa shape index (κ3) is 6.81. The van der Waals surface area contributed by atoms with Crippen LogP contribution in [0.3, 0.4) is 0 Å². The quantitative estimate of drug-likeness (QED) is 0.620. The van der Waals surface area contributed by atoms with Crippen LogP contribution < -0.4 is 15.4 Å². The molecule has 2 aromatic rings. The molecule has 3 rings (SSSR count). The van der Waals surface area contributed by atoms with Crippen molar-refractivity contribution in [3.63, 3.8) is 0 Å². The number of hydrogen-bond donors (Lipinski definition) is 2. The van der Waals surface area contributed by atoms with Gasteiger partial charge in [0.25, 0.3) is 5.91 Å². The zero-order valence-corrected chi connectivity index (χ0v) is 16.3. The molecule has 1 aliphatic carbocycles.